The van der Waals surface area contributed by atoms with Crippen LogP contribution in [0.3, 0.4) is 0 Å². The summed E-state index contributed by atoms with van der Waals surface area (Å²) in [6, 6.07) is 3.35. The van der Waals surface area contributed by atoms with Crippen molar-refractivity contribution in [1.82, 2.24) is 14.6 Å². The van der Waals surface area contributed by atoms with Crippen molar-refractivity contribution in [3.8, 4) is 0 Å². The van der Waals surface area contributed by atoms with E-state index in [-0.39, 0.29) is 5.91 Å². The fourth-order valence-corrected chi connectivity index (χ4v) is 1.37. The maximum absolute atomic E-state index is 11.6. The SMILES string of the molecule is Nc1cccnc1NC(=O)c1cnns1. The van der Waals surface area contributed by atoms with Gasteiger partial charge in [-0.25, -0.2) is 4.98 Å². The Hall–Kier alpha value is -2.02. The van der Waals surface area contributed by atoms with Crippen molar-refractivity contribution in [2.45, 2.75) is 0 Å². The predicted octanol–water partition coefficient (Wildman–Crippen LogP) is 0.768. The molecule has 0 aliphatic rings. The van der Waals surface area contributed by atoms with E-state index in [9.17, 15) is 4.79 Å². The molecule has 15 heavy (non-hydrogen) atoms. The highest BCUT2D eigenvalue weighted by atomic mass is 32.1. The zero-order valence-electron chi connectivity index (χ0n) is 7.54. The molecule has 0 spiro atoms. The number of amides is 1. The first-order valence-electron chi connectivity index (χ1n) is 4.06. The van der Waals surface area contributed by atoms with Crippen molar-refractivity contribution in [1.29, 1.82) is 0 Å². The summed E-state index contributed by atoms with van der Waals surface area (Å²) in [4.78, 5) is 15.9. The molecule has 6 nitrogen and oxygen atoms in total. The first kappa shape index (κ1) is 9.53. The number of nitrogen functional groups attached to an aromatic ring is 1. The van der Waals surface area contributed by atoms with Gasteiger partial charge >= 0.3 is 0 Å². The maximum Gasteiger partial charge on any atom is 0.270 e. The van der Waals surface area contributed by atoms with Gasteiger partial charge in [-0.2, -0.15) is 0 Å². The van der Waals surface area contributed by atoms with Gasteiger partial charge in [0.05, 0.1) is 11.9 Å². The molecule has 0 atom stereocenters. The van der Waals surface area contributed by atoms with Crippen molar-refractivity contribution in [2.24, 2.45) is 0 Å². The van der Waals surface area contributed by atoms with Gasteiger partial charge in [0.2, 0.25) is 0 Å². The molecule has 0 unspecified atom stereocenters. The molecule has 1 amide bonds. The third kappa shape index (κ3) is 2.08. The van der Waals surface area contributed by atoms with E-state index in [1.165, 1.54) is 6.20 Å². The number of nitrogens with zero attached hydrogens (tertiary/aromatic N) is 3. The molecule has 0 aliphatic heterocycles. The number of nitrogens with one attached hydrogen (secondary N) is 1. The number of anilines is 2. The highest BCUT2D eigenvalue weighted by Crippen LogP contribution is 2.14. The van der Waals surface area contributed by atoms with E-state index in [0.717, 1.165) is 11.5 Å². The number of aromatic nitrogens is 3. The summed E-state index contributed by atoms with van der Waals surface area (Å²) < 4.78 is 3.59. The number of carbonyl (C=O) groups excluding carboxylic acids is 1. The summed E-state index contributed by atoms with van der Waals surface area (Å²) in [5, 5.41) is 6.13. The van der Waals surface area contributed by atoms with E-state index < -0.39 is 0 Å². The molecule has 0 aromatic carbocycles. The number of hydrogen-bond acceptors (Lipinski definition) is 6. The van der Waals surface area contributed by atoms with Crippen LogP contribution in [-0.4, -0.2) is 20.5 Å². The van der Waals surface area contributed by atoms with Crippen LogP contribution in [0.4, 0.5) is 11.5 Å². The monoisotopic (exact) mass is 221 g/mol. The van der Waals surface area contributed by atoms with Gasteiger partial charge in [-0.1, -0.05) is 4.49 Å². The Labute approximate surface area is 89.3 Å². The Kier molecular flexibility index (Phi) is 2.55. The molecule has 76 valence electrons. The quantitative estimate of drug-likeness (QED) is 0.781. The van der Waals surface area contributed by atoms with Crippen LogP contribution in [0.25, 0.3) is 0 Å². The van der Waals surface area contributed by atoms with Gasteiger partial charge in [0.15, 0.2) is 5.82 Å². The fraction of sp³-hybridized carbons (Fsp3) is 0. The average molecular weight is 221 g/mol. The summed E-state index contributed by atoms with van der Waals surface area (Å²) in [5.74, 6) is 0.0336. The normalized spacial score (nSPS) is 9.87. The highest BCUT2D eigenvalue weighted by molar-refractivity contribution is 7.07. The molecule has 0 bridgehead atoms. The molecular weight excluding hydrogens is 214 g/mol. The summed E-state index contributed by atoms with van der Waals surface area (Å²) in [7, 11) is 0. The molecule has 0 saturated carbocycles. The third-order valence-electron chi connectivity index (χ3n) is 1.66. The van der Waals surface area contributed by atoms with Crippen LogP contribution < -0.4 is 11.1 Å². The summed E-state index contributed by atoms with van der Waals surface area (Å²) in [6.45, 7) is 0. The van der Waals surface area contributed by atoms with Crippen LogP contribution in [-0.2, 0) is 0 Å². The molecule has 2 aromatic heterocycles. The first-order valence-corrected chi connectivity index (χ1v) is 4.84. The molecule has 0 fully saturated rings. The van der Waals surface area contributed by atoms with E-state index in [0.29, 0.717) is 16.4 Å². The van der Waals surface area contributed by atoms with E-state index in [4.69, 9.17) is 5.73 Å². The van der Waals surface area contributed by atoms with Gasteiger partial charge in [-0.3, -0.25) is 4.79 Å². The molecular formula is C8H7N5OS. The zero-order chi connectivity index (χ0) is 10.7. The molecule has 2 aromatic rings. The van der Waals surface area contributed by atoms with Crippen molar-refractivity contribution < 1.29 is 4.79 Å². The number of carbonyl (C=O) groups is 1. The largest absolute Gasteiger partial charge is 0.396 e. The first-order chi connectivity index (χ1) is 7.27. The lowest BCUT2D eigenvalue weighted by molar-refractivity contribution is 0.103. The van der Waals surface area contributed by atoms with Crippen molar-refractivity contribution >= 4 is 28.9 Å². The molecule has 0 radical (unpaired) electrons. The fourth-order valence-electron chi connectivity index (χ4n) is 0.959. The molecule has 0 aliphatic carbocycles. The van der Waals surface area contributed by atoms with Crippen LogP contribution in [0.1, 0.15) is 9.67 Å². The van der Waals surface area contributed by atoms with Gasteiger partial charge in [0.1, 0.15) is 4.88 Å². The Morgan fingerprint density at radius 3 is 3.07 bits per heavy atom. The Morgan fingerprint density at radius 1 is 1.53 bits per heavy atom. The van der Waals surface area contributed by atoms with Crippen LogP contribution >= 0.6 is 11.5 Å². The zero-order valence-corrected chi connectivity index (χ0v) is 8.36. The lowest BCUT2D eigenvalue weighted by Crippen LogP contribution is -2.12. The topological polar surface area (TPSA) is 93.8 Å². The average Bonchev–Trinajstić information content (AvgIpc) is 2.74. The number of pyridine rings is 1. The minimum atomic E-state index is -0.310. The van der Waals surface area contributed by atoms with Crippen LogP contribution in [0.2, 0.25) is 0 Å². The summed E-state index contributed by atoms with van der Waals surface area (Å²) >= 11 is 1.01. The second-order valence-corrected chi connectivity index (χ2v) is 3.46. The minimum absolute atomic E-state index is 0.310. The number of rotatable bonds is 2. The molecule has 3 N–H and O–H groups in total. The van der Waals surface area contributed by atoms with Gasteiger partial charge < -0.3 is 11.1 Å². The van der Waals surface area contributed by atoms with Crippen molar-refractivity contribution in [2.75, 3.05) is 11.1 Å². The Balaban J connectivity index is 2.17. The van der Waals surface area contributed by atoms with Gasteiger partial charge in [-0.05, 0) is 23.7 Å². The predicted molar refractivity (Wildman–Crippen MR) is 56.5 cm³/mol. The van der Waals surface area contributed by atoms with Gasteiger partial charge in [-0.15, -0.1) is 5.10 Å². The summed E-state index contributed by atoms with van der Waals surface area (Å²) in [6.07, 6.45) is 2.94. The van der Waals surface area contributed by atoms with E-state index in [1.54, 1.807) is 18.3 Å². The van der Waals surface area contributed by atoms with Gasteiger partial charge in [0.25, 0.3) is 5.91 Å². The second kappa shape index (κ2) is 4.01. The van der Waals surface area contributed by atoms with Crippen molar-refractivity contribution in [3.05, 3.63) is 29.4 Å². The molecule has 0 saturated heterocycles. The lowest BCUT2D eigenvalue weighted by atomic mass is 10.4. The number of hydrogen-bond donors (Lipinski definition) is 2. The van der Waals surface area contributed by atoms with Crippen LogP contribution in [0, 0.1) is 0 Å². The minimum Gasteiger partial charge on any atom is -0.396 e. The standard InChI is InChI=1S/C8H7N5OS/c9-5-2-1-3-10-7(5)12-8(14)6-4-11-13-15-6/h1-4H,9H2,(H,10,12,14). The second-order valence-electron chi connectivity index (χ2n) is 2.68. The highest BCUT2D eigenvalue weighted by Gasteiger charge is 2.10. The Bertz CT molecular complexity index is 470. The molecule has 7 heteroatoms. The Morgan fingerprint density at radius 2 is 2.40 bits per heavy atom. The maximum atomic E-state index is 11.6. The van der Waals surface area contributed by atoms with Crippen LogP contribution in [0.5, 0.6) is 0 Å². The van der Waals surface area contributed by atoms with E-state index >= 15 is 0 Å². The molecule has 2 rings (SSSR count). The third-order valence-corrected chi connectivity index (χ3v) is 2.32. The number of nitrogens with two attached hydrogens (primary N) is 1. The molecule has 2 heterocycles. The summed E-state index contributed by atoms with van der Waals surface area (Å²) in [5.41, 5.74) is 6.04. The van der Waals surface area contributed by atoms with Crippen LogP contribution in [0.15, 0.2) is 24.5 Å². The van der Waals surface area contributed by atoms with Crippen molar-refractivity contribution in [3.63, 3.8) is 0 Å². The van der Waals surface area contributed by atoms with E-state index in [1.807, 2.05) is 0 Å². The van der Waals surface area contributed by atoms with Gasteiger partial charge in [0, 0.05) is 6.20 Å². The lowest BCUT2D eigenvalue weighted by Gasteiger charge is -2.03. The smallest absolute Gasteiger partial charge is 0.270 e. The van der Waals surface area contributed by atoms with E-state index in [2.05, 4.69) is 19.9 Å².